The van der Waals surface area contributed by atoms with Crippen LogP contribution in [0.25, 0.3) is 0 Å². The maximum Gasteiger partial charge on any atom is 0.408 e. The van der Waals surface area contributed by atoms with E-state index in [9.17, 15) is 9.59 Å². The highest BCUT2D eigenvalue weighted by Gasteiger charge is 2.26. The molecule has 2 atom stereocenters. The Morgan fingerprint density at radius 1 is 0.962 bits per heavy atom. The van der Waals surface area contributed by atoms with Crippen molar-refractivity contribution in [1.29, 1.82) is 0 Å². The van der Waals surface area contributed by atoms with E-state index < -0.39 is 12.1 Å². The van der Waals surface area contributed by atoms with E-state index in [1.54, 1.807) is 0 Å². The largest absolute Gasteiger partial charge is 0.445 e. The predicted molar refractivity (Wildman–Crippen MR) is 101 cm³/mol. The van der Waals surface area contributed by atoms with Gasteiger partial charge in [0.2, 0.25) is 5.91 Å². The van der Waals surface area contributed by atoms with E-state index in [0.717, 1.165) is 17.5 Å². The molecule has 2 N–H and O–H groups in total. The highest BCUT2D eigenvalue weighted by molar-refractivity contribution is 5.85. The molecule has 138 valence electrons. The lowest BCUT2D eigenvalue weighted by atomic mass is 9.98. The molecule has 0 radical (unpaired) electrons. The van der Waals surface area contributed by atoms with Crippen LogP contribution in [0.1, 0.15) is 31.4 Å². The molecular weight excluding hydrogens is 328 g/mol. The molecule has 0 saturated heterocycles. The normalized spacial score (nSPS) is 12.7. The van der Waals surface area contributed by atoms with Crippen molar-refractivity contribution in [2.75, 3.05) is 0 Å². The summed E-state index contributed by atoms with van der Waals surface area (Å²) in [7, 11) is 0. The first-order valence-corrected chi connectivity index (χ1v) is 8.89. The fourth-order valence-corrected chi connectivity index (χ4v) is 2.49. The second kappa shape index (κ2) is 10.2. The van der Waals surface area contributed by atoms with Gasteiger partial charge in [-0.3, -0.25) is 4.79 Å². The number of alkyl carbamates (subject to hydrolysis) is 1. The molecule has 0 aromatic heterocycles. The van der Waals surface area contributed by atoms with Gasteiger partial charge in [0.25, 0.3) is 0 Å². The van der Waals surface area contributed by atoms with E-state index in [4.69, 9.17) is 4.74 Å². The molecule has 0 bridgehead atoms. The number of hydrogen-bond acceptors (Lipinski definition) is 3. The van der Waals surface area contributed by atoms with E-state index in [0.29, 0.717) is 6.54 Å². The molecule has 2 unspecified atom stereocenters. The zero-order valence-electron chi connectivity index (χ0n) is 15.3. The average Bonchev–Trinajstić information content (AvgIpc) is 2.69. The maximum absolute atomic E-state index is 12.5. The molecule has 2 rings (SSSR count). The topological polar surface area (TPSA) is 67.4 Å². The Labute approximate surface area is 154 Å². The average molecular weight is 354 g/mol. The summed E-state index contributed by atoms with van der Waals surface area (Å²) < 4.78 is 5.24. The number of nitrogens with one attached hydrogen (secondary N) is 2. The van der Waals surface area contributed by atoms with Crippen LogP contribution in [0.2, 0.25) is 0 Å². The summed E-state index contributed by atoms with van der Waals surface area (Å²) in [6.45, 7) is 4.52. The van der Waals surface area contributed by atoms with Gasteiger partial charge in [-0.15, -0.1) is 0 Å². The van der Waals surface area contributed by atoms with Gasteiger partial charge < -0.3 is 15.4 Å². The zero-order valence-corrected chi connectivity index (χ0v) is 15.3. The number of carbonyl (C=O) groups excluding carboxylic acids is 2. The molecule has 5 nitrogen and oxygen atoms in total. The molecule has 5 heteroatoms. The van der Waals surface area contributed by atoms with Gasteiger partial charge in [0.1, 0.15) is 12.6 Å². The van der Waals surface area contributed by atoms with Gasteiger partial charge in [-0.25, -0.2) is 4.79 Å². The van der Waals surface area contributed by atoms with Crippen molar-refractivity contribution in [3.8, 4) is 0 Å². The van der Waals surface area contributed by atoms with E-state index >= 15 is 0 Å². The predicted octanol–water partition coefficient (Wildman–Crippen LogP) is 3.64. The molecule has 0 saturated carbocycles. The van der Waals surface area contributed by atoms with Crippen molar-refractivity contribution in [1.82, 2.24) is 10.6 Å². The lowest BCUT2D eigenvalue weighted by Gasteiger charge is -2.23. The van der Waals surface area contributed by atoms with E-state index in [1.807, 2.05) is 74.5 Å². The Hall–Kier alpha value is -2.82. The molecule has 26 heavy (non-hydrogen) atoms. The van der Waals surface area contributed by atoms with Crippen LogP contribution in [0.15, 0.2) is 60.7 Å². The van der Waals surface area contributed by atoms with Crippen molar-refractivity contribution >= 4 is 12.0 Å². The molecular formula is C21H26N2O3. The standard InChI is InChI=1S/C21H26N2O3/c1-3-16(2)19(20(24)22-14-17-10-6-4-7-11-17)23-21(25)26-15-18-12-8-5-9-13-18/h4-13,16,19H,3,14-15H2,1-2H3,(H,22,24)(H,23,25). The fraction of sp³-hybridized carbons (Fsp3) is 0.333. The van der Waals surface area contributed by atoms with Crippen molar-refractivity contribution < 1.29 is 14.3 Å². The Morgan fingerprint density at radius 2 is 1.54 bits per heavy atom. The molecule has 0 spiro atoms. The number of carbonyl (C=O) groups is 2. The zero-order chi connectivity index (χ0) is 18.8. The maximum atomic E-state index is 12.5. The minimum Gasteiger partial charge on any atom is -0.445 e. The molecule has 2 aromatic rings. The van der Waals surface area contributed by atoms with Gasteiger partial charge in [0.15, 0.2) is 0 Å². The smallest absolute Gasteiger partial charge is 0.408 e. The van der Waals surface area contributed by atoms with Crippen LogP contribution in [0.3, 0.4) is 0 Å². The van der Waals surface area contributed by atoms with Crippen LogP contribution in [-0.4, -0.2) is 18.0 Å². The van der Waals surface area contributed by atoms with Gasteiger partial charge in [0, 0.05) is 6.54 Å². The Bertz CT molecular complexity index is 689. The number of hydrogen-bond donors (Lipinski definition) is 2. The molecule has 0 aliphatic rings. The van der Waals surface area contributed by atoms with Gasteiger partial charge in [0.05, 0.1) is 0 Å². The first-order chi connectivity index (χ1) is 12.6. The Kier molecular flexibility index (Phi) is 7.68. The Morgan fingerprint density at radius 3 is 2.12 bits per heavy atom. The van der Waals surface area contributed by atoms with Gasteiger partial charge in [-0.05, 0) is 17.0 Å². The van der Waals surface area contributed by atoms with E-state index in [1.165, 1.54) is 0 Å². The first kappa shape index (κ1) is 19.5. The quantitative estimate of drug-likeness (QED) is 0.760. The van der Waals surface area contributed by atoms with Crippen molar-refractivity contribution in [2.45, 2.75) is 39.5 Å². The van der Waals surface area contributed by atoms with Crippen LogP contribution in [0.4, 0.5) is 4.79 Å². The van der Waals surface area contributed by atoms with E-state index in [-0.39, 0.29) is 18.4 Å². The van der Waals surface area contributed by atoms with Gasteiger partial charge >= 0.3 is 6.09 Å². The van der Waals surface area contributed by atoms with Crippen LogP contribution >= 0.6 is 0 Å². The molecule has 0 aliphatic heterocycles. The minimum atomic E-state index is -0.632. The summed E-state index contributed by atoms with van der Waals surface area (Å²) >= 11 is 0. The third-order valence-electron chi connectivity index (χ3n) is 4.29. The monoisotopic (exact) mass is 354 g/mol. The molecule has 0 heterocycles. The summed E-state index contributed by atoms with van der Waals surface area (Å²) in [4.78, 5) is 24.7. The fourth-order valence-electron chi connectivity index (χ4n) is 2.49. The van der Waals surface area contributed by atoms with Gasteiger partial charge in [-0.1, -0.05) is 80.9 Å². The summed E-state index contributed by atoms with van der Waals surface area (Å²) in [5.74, 6) is -0.213. The summed E-state index contributed by atoms with van der Waals surface area (Å²) in [6, 6.07) is 18.5. The SMILES string of the molecule is CCC(C)C(NC(=O)OCc1ccccc1)C(=O)NCc1ccccc1. The van der Waals surface area contributed by atoms with E-state index in [2.05, 4.69) is 10.6 Å². The van der Waals surface area contributed by atoms with Crippen LogP contribution < -0.4 is 10.6 Å². The first-order valence-electron chi connectivity index (χ1n) is 8.89. The highest BCUT2D eigenvalue weighted by Crippen LogP contribution is 2.09. The molecule has 0 aliphatic carbocycles. The second-order valence-electron chi connectivity index (χ2n) is 6.27. The third kappa shape index (κ3) is 6.24. The highest BCUT2D eigenvalue weighted by atomic mass is 16.5. The number of benzene rings is 2. The van der Waals surface area contributed by atoms with Crippen molar-refractivity contribution in [3.63, 3.8) is 0 Å². The minimum absolute atomic E-state index is 0.00458. The lowest BCUT2D eigenvalue weighted by Crippen LogP contribution is -2.50. The summed E-state index contributed by atoms with van der Waals surface area (Å²) in [6.07, 6.45) is 0.177. The molecule has 0 fully saturated rings. The van der Waals surface area contributed by atoms with Crippen LogP contribution in [0.5, 0.6) is 0 Å². The van der Waals surface area contributed by atoms with Crippen LogP contribution in [-0.2, 0) is 22.7 Å². The van der Waals surface area contributed by atoms with Crippen LogP contribution in [0, 0.1) is 5.92 Å². The summed E-state index contributed by atoms with van der Waals surface area (Å²) in [5, 5.41) is 5.59. The summed E-state index contributed by atoms with van der Waals surface area (Å²) in [5.41, 5.74) is 1.91. The Balaban J connectivity index is 1.89. The van der Waals surface area contributed by atoms with Crippen molar-refractivity contribution in [2.24, 2.45) is 5.92 Å². The lowest BCUT2D eigenvalue weighted by molar-refractivity contribution is -0.124. The third-order valence-corrected chi connectivity index (χ3v) is 4.29. The molecule has 2 amide bonds. The number of ether oxygens (including phenoxy) is 1. The van der Waals surface area contributed by atoms with Gasteiger partial charge in [-0.2, -0.15) is 0 Å². The number of amides is 2. The number of rotatable bonds is 8. The molecule has 2 aromatic carbocycles. The van der Waals surface area contributed by atoms with Crippen molar-refractivity contribution in [3.05, 3.63) is 71.8 Å². The second-order valence-corrected chi connectivity index (χ2v) is 6.27.